The lowest BCUT2D eigenvalue weighted by Gasteiger charge is -2.34. The van der Waals surface area contributed by atoms with Gasteiger partial charge in [-0.05, 0) is 100.0 Å². The van der Waals surface area contributed by atoms with Crippen molar-refractivity contribution in [3.63, 3.8) is 0 Å². The lowest BCUT2D eigenvalue weighted by atomic mass is 9.80. The molecule has 2 aliphatic rings. The summed E-state index contributed by atoms with van der Waals surface area (Å²) >= 11 is 6.25. The van der Waals surface area contributed by atoms with Crippen molar-refractivity contribution < 1.29 is 14.4 Å². The first-order valence-corrected chi connectivity index (χ1v) is 17.7. The highest BCUT2D eigenvalue weighted by Gasteiger charge is 2.32. The fraction of sp³-hybridized carbons (Fsp3) is 0.595. The Morgan fingerprint density at radius 1 is 0.891 bits per heavy atom. The number of carbonyl (C=O) groups is 3. The Hall–Kier alpha value is -2.94. The first-order chi connectivity index (χ1) is 22.2. The molecule has 9 heteroatoms. The molecule has 0 radical (unpaired) electrons. The van der Waals surface area contributed by atoms with Gasteiger partial charge in [-0.2, -0.15) is 0 Å². The van der Waals surface area contributed by atoms with Crippen LogP contribution in [-0.4, -0.2) is 56.0 Å². The van der Waals surface area contributed by atoms with Crippen molar-refractivity contribution >= 4 is 29.3 Å². The van der Waals surface area contributed by atoms with Crippen LogP contribution in [-0.2, 0) is 16.1 Å². The monoisotopic (exact) mass is 655 g/mol. The summed E-state index contributed by atoms with van der Waals surface area (Å²) in [5.41, 5.74) is 2.68. The Bertz CT molecular complexity index is 1180. The Morgan fingerprint density at radius 3 is 2.13 bits per heavy atom. The zero-order valence-corrected chi connectivity index (χ0v) is 29.6. The second-order valence-corrected chi connectivity index (χ2v) is 12.8. The van der Waals surface area contributed by atoms with E-state index in [2.05, 4.69) is 32.7 Å². The molecule has 2 aromatic carbocycles. The first-order valence-electron chi connectivity index (χ1n) is 17.3. The van der Waals surface area contributed by atoms with E-state index >= 15 is 0 Å². The molecule has 1 aliphatic heterocycles. The summed E-state index contributed by atoms with van der Waals surface area (Å²) in [7, 11) is 1.87. The van der Waals surface area contributed by atoms with Crippen molar-refractivity contribution in [2.24, 2.45) is 5.92 Å². The van der Waals surface area contributed by atoms with Crippen LogP contribution in [0.1, 0.15) is 113 Å². The Balaban J connectivity index is 0.000000940. The highest BCUT2D eigenvalue weighted by molar-refractivity contribution is 6.30. The summed E-state index contributed by atoms with van der Waals surface area (Å²) in [5, 5.41) is 16.0. The summed E-state index contributed by atoms with van der Waals surface area (Å²) in [6, 6.07) is 13.7. The maximum absolute atomic E-state index is 13.5. The predicted molar refractivity (Wildman–Crippen MR) is 190 cm³/mol. The molecule has 256 valence electrons. The van der Waals surface area contributed by atoms with Gasteiger partial charge in [0.25, 0.3) is 5.91 Å². The third kappa shape index (κ3) is 13.4. The smallest absolute Gasteiger partial charge is 0.251 e. The fourth-order valence-corrected chi connectivity index (χ4v) is 6.09. The Kier molecular flexibility index (Phi) is 18.6. The normalized spacial score (nSPS) is 18.6. The van der Waals surface area contributed by atoms with Gasteiger partial charge in [-0.15, -0.1) is 0 Å². The summed E-state index contributed by atoms with van der Waals surface area (Å²) < 4.78 is 0. The lowest BCUT2D eigenvalue weighted by Crippen LogP contribution is -2.55. The first kappa shape index (κ1) is 39.2. The van der Waals surface area contributed by atoms with Crippen molar-refractivity contribution in [3.05, 3.63) is 70.2 Å². The molecule has 1 saturated carbocycles. The van der Waals surface area contributed by atoms with Crippen molar-refractivity contribution in [3.8, 4) is 0 Å². The van der Waals surface area contributed by atoms with E-state index < -0.39 is 12.1 Å². The molecule has 0 bridgehead atoms. The van der Waals surface area contributed by atoms with Crippen LogP contribution in [0.2, 0.25) is 5.02 Å². The molecule has 4 rings (SSSR count). The van der Waals surface area contributed by atoms with E-state index in [-0.39, 0.29) is 35.6 Å². The predicted octanol–water partition coefficient (Wildman–Crippen LogP) is 6.34. The van der Waals surface area contributed by atoms with Crippen molar-refractivity contribution in [2.45, 2.75) is 117 Å². The van der Waals surface area contributed by atoms with Gasteiger partial charge in [-0.3, -0.25) is 14.4 Å². The van der Waals surface area contributed by atoms with Crippen LogP contribution in [0.4, 0.5) is 0 Å². The van der Waals surface area contributed by atoms with E-state index in [1.807, 2.05) is 72.0 Å². The minimum Gasteiger partial charge on any atom is -0.351 e. The molecule has 0 aromatic heterocycles. The molecule has 8 nitrogen and oxygen atoms in total. The number of nitrogens with one attached hydrogen (secondary N) is 5. The Labute approximate surface area is 282 Å². The average Bonchev–Trinajstić information content (AvgIpc) is 3.65. The molecule has 3 amide bonds. The van der Waals surface area contributed by atoms with E-state index in [1.54, 1.807) is 12.1 Å². The van der Waals surface area contributed by atoms with E-state index in [1.165, 1.54) is 25.9 Å². The highest BCUT2D eigenvalue weighted by Crippen LogP contribution is 2.34. The molecule has 2 unspecified atom stereocenters. The topological polar surface area (TPSA) is 111 Å². The molecule has 2 aromatic rings. The largest absolute Gasteiger partial charge is 0.351 e. The molecule has 1 aliphatic carbocycles. The molecule has 1 heterocycles. The van der Waals surface area contributed by atoms with E-state index in [0.29, 0.717) is 30.0 Å². The summed E-state index contributed by atoms with van der Waals surface area (Å²) in [6.07, 6.45) is 7.70. The summed E-state index contributed by atoms with van der Waals surface area (Å²) in [6.45, 7) is 13.1. The van der Waals surface area contributed by atoms with Crippen LogP contribution in [0.15, 0.2) is 48.5 Å². The highest BCUT2D eigenvalue weighted by atomic mass is 35.5. The average molecular weight is 656 g/mol. The van der Waals surface area contributed by atoms with Gasteiger partial charge in [0.1, 0.15) is 12.1 Å². The van der Waals surface area contributed by atoms with Gasteiger partial charge in [0.05, 0.1) is 0 Å². The molecule has 46 heavy (non-hydrogen) atoms. The van der Waals surface area contributed by atoms with Gasteiger partial charge >= 0.3 is 0 Å². The maximum Gasteiger partial charge on any atom is 0.251 e. The van der Waals surface area contributed by atoms with Crippen LogP contribution >= 0.6 is 11.6 Å². The lowest BCUT2D eigenvalue weighted by molar-refractivity contribution is -0.131. The van der Waals surface area contributed by atoms with Gasteiger partial charge in [0.2, 0.25) is 11.8 Å². The van der Waals surface area contributed by atoms with Crippen LogP contribution in [0.3, 0.4) is 0 Å². The molecule has 4 atom stereocenters. The van der Waals surface area contributed by atoms with Crippen LogP contribution in [0.5, 0.6) is 0 Å². The number of halogens is 1. The molecule has 1 saturated heterocycles. The SMILES string of the molecule is C1CCNC1.CC.CCC(NC(=O)c1ccc(CNC)cc1)C(=O)N[C@@H](CC(C)C)C(=O)N[C@@H]1CCCCC1c1cccc(Cl)c1. The maximum atomic E-state index is 13.5. The molecule has 5 N–H and O–H groups in total. The van der Waals surface area contributed by atoms with Gasteiger partial charge in [0, 0.05) is 29.1 Å². The molecular weight excluding hydrogens is 598 g/mol. The van der Waals surface area contributed by atoms with Gasteiger partial charge < -0.3 is 26.6 Å². The van der Waals surface area contributed by atoms with Crippen LogP contribution < -0.4 is 26.6 Å². The second kappa shape index (κ2) is 21.8. The summed E-state index contributed by atoms with van der Waals surface area (Å²) in [4.78, 5) is 39.6. The van der Waals surface area contributed by atoms with Crippen molar-refractivity contribution in [1.29, 1.82) is 0 Å². The van der Waals surface area contributed by atoms with E-state index in [9.17, 15) is 14.4 Å². The fourth-order valence-electron chi connectivity index (χ4n) is 5.90. The van der Waals surface area contributed by atoms with Crippen LogP contribution in [0, 0.1) is 5.92 Å². The van der Waals surface area contributed by atoms with Crippen molar-refractivity contribution in [1.82, 2.24) is 26.6 Å². The molecular formula is C37H58ClN5O3. The molecule has 2 fully saturated rings. The van der Waals surface area contributed by atoms with Gasteiger partial charge in [0.15, 0.2) is 0 Å². The third-order valence-electron chi connectivity index (χ3n) is 8.29. The zero-order valence-electron chi connectivity index (χ0n) is 28.9. The Morgan fingerprint density at radius 2 is 1.57 bits per heavy atom. The number of carbonyl (C=O) groups excluding carboxylic acids is 3. The standard InChI is InChI=1S/C31H43ClN4O3.C4H9N.C2H6/c1-5-26(34-29(37)22-15-13-21(14-16-22)19-33-4)30(38)36-28(17-20(2)3)31(39)35-27-12-7-6-11-25(27)23-9-8-10-24(32)18-23;1-2-4-5-3-1;1-2/h8-10,13-16,18,20,25-28,33H,5-7,11-12,17,19H2,1-4H3,(H,34,37)(H,35,39)(H,36,38);5H,1-4H2;1-2H3/t25?,26?,27-,28+;;/m1../s1. The van der Waals surface area contributed by atoms with E-state index in [4.69, 9.17) is 11.6 Å². The summed E-state index contributed by atoms with van der Waals surface area (Å²) in [5.74, 6) is -0.476. The number of hydrogen-bond donors (Lipinski definition) is 5. The number of rotatable bonds is 12. The quantitative estimate of drug-likeness (QED) is 0.183. The third-order valence-corrected chi connectivity index (χ3v) is 8.53. The zero-order chi connectivity index (χ0) is 33.9. The number of amides is 3. The number of benzene rings is 2. The minimum atomic E-state index is -0.745. The number of hydrogen-bond acceptors (Lipinski definition) is 5. The van der Waals surface area contributed by atoms with Gasteiger partial charge in [-0.1, -0.05) is 83.3 Å². The second-order valence-electron chi connectivity index (χ2n) is 12.4. The van der Waals surface area contributed by atoms with E-state index in [0.717, 1.165) is 36.8 Å². The van der Waals surface area contributed by atoms with Crippen LogP contribution in [0.25, 0.3) is 0 Å². The minimum absolute atomic E-state index is 0.0242. The van der Waals surface area contributed by atoms with Gasteiger partial charge in [-0.25, -0.2) is 0 Å². The van der Waals surface area contributed by atoms with Crippen molar-refractivity contribution in [2.75, 3.05) is 20.1 Å². The molecule has 0 spiro atoms.